The predicted molar refractivity (Wildman–Crippen MR) is 215 cm³/mol. The smallest absolute Gasteiger partial charge is 0.147 e. The molecule has 2 nitrogen and oxygen atoms in total. The van der Waals surface area contributed by atoms with Gasteiger partial charge in [0.1, 0.15) is 5.82 Å². The number of nitrogens with zero attached hydrogens (tertiary/aromatic N) is 2. The molecular weight excluding hydrogens is 613 g/mol. The molecule has 2 aromatic heterocycles. The summed E-state index contributed by atoms with van der Waals surface area (Å²) in [5.74, 6) is 2.19. The Morgan fingerprint density at radius 2 is 1.31 bits per heavy atom. The monoisotopic (exact) mass is 658 g/mol. The molecule has 0 spiro atoms. The number of hydrogen-bond acceptors (Lipinski definition) is 2. The Kier molecular flexibility index (Phi) is 7.50. The Bertz CT molecular complexity index is 2540. The van der Waals surface area contributed by atoms with Gasteiger partial charge in [-0.05, 0) is 97.3 Å². The number of hydrogen-bond donors (Lipinski definition) is 0. The van der Waals surface area contributed by atoms with Crippen LogP contribution in [0.5, 0.6) is 0 Å². The molecule has 0 N–H and O–H groups in total. The average molecular weight is 659 g/mol. The standard InChI is InChI=1S/C46H46N2S/c1-26(2)31-23-34(27(3)4)43(35(24-31)28(5)6)48-40-17-13-12-16-39(40)47-45(48)33-20-21-38(46(7,8)9)42-37-22-30-19-18-29-14-10-11-15-32(29)36(30)25-41(37)49-44(33)42/h10-28H,1-9H3. The molecule has 8 rings (SSSR count). The molecule has 49 heavy (non-hydrogen) atoms. The van der Waals surface area contributed by atoms with Crippen LogP contribution in [-0.2, 0) is 5.41 Å². The minimum Gasteiger partial charge on any atom is -0.292 e. The van der Waals surface area contributed by atoms with E-state index < -0.39 is 0 Å². The summed E-state index contributed by atoms with van der Waals surface area (Å²) >= 11 is 1.92. The molecule has 0 saturated carbocycles. The van der Waals surface area contributed by atoms with Crippen LogP contribution >= 0.6 is 11.3 Å². The molecule has 0 radical (unpaired) electrons. The zero-order chi connectivity index (χ0) is 34.4. The van der Waals surface area contributed by atoms with Crippen molar-refractivity contribution >= 4 is 64.1 Å². The van der Waals surface area contributed by atoms with Crippen LogP contribution in [0.1, 0.15) is 102 Å². The molecule has 6 aromatic carbocycles. The number of para-hydroxylation sites is 2. The summed E-state index contributed by atoms with van der Waals surface area (Å²) in [6.45, 7) is 21.0. The molecule has 3 heteroatoms. The molecule has 0 unspecified atom stereocenters. The Hall–Kier alpha value is -4.47. The van der Waals surface area contributed by atoms with Crippen molar-refractivity contribution in [2.45, 2.75) is 85.5 Å². The Morgan fingerprint density at radius 3 is 2.00 bits per heavy atom. The van der Waals surface area contributed by atoms with Gasteiger partial charge < -0.3 is 0 Å². The van der Waals surface area contributed by atoms with Gasteiger partial charge in [0.05, 0.1) is 16.7 Å². The fourth-order valence-electron chi connectivity index (χ4n) is 7.79. The maximum Gasteiger partial charge on any atom is 0.147 e. The highest BCUT2D eigenvalue weighted by Crippen LogP contribution is 2.48. The van der Waals surface area contributed by atoms with Crippen molar-refractivity contribution in [1.82, 2.24) is 9.55 Å². The highest BCUT2D eigenvalue weighted by atomic mass is 32.1. The molecule has 0 aliphatic carbocycles. The van der Waals surface area contributed by atoms with Gasteiger partial charge in [0.25, 0.3) is 0 Å². The third-order valence-electron chi connectivity index (χ3n) is 10.4. The van der Waals surface area contributed by atoms with Crippen LogP contribution in [0.3, 0.4) is 0 Å². The number of benzene rings is 6. The van der Waals surface area contributed by atoms with Crippen molar-refractivity contribution < 1.29 is 0 Å². The summed E-state index contributed by atoms with van der Waals surface area (Å²) in [6, 6.07) is 36.6. The van der Waals surface area contributed by atoms with E-state index in [1.807, 2.05) is 11.3 Å². The fraction of sp³-hybridized carbons (Fsp3) is 0.283. The number of fused-ring (bicyclic) bond motifs is 7. The Balaban J connectivity index is 1.52. The molecule has 0 fully saturated rings. The van der Waals surface area contributed by atoms with E-state index in [0.29, 0.717) is 17.8 Å². The largest absolute Gasteiger partial charge is 0.292 e. The predicted octanol–water partition coefficient (Wildman–Crippen LogP) is 14.0. The van der Waals surface area contributed by atoms with Crippen molar-refractivity contribution in [2.24, 2.45) is 0 Å². The topological polar surface area (TPSA) is 17.8 Å². The first-order valence-electron chi connectivity index (χ1n) is 17.9. The van der Waals surface area contributed by atoms with Crippen LogP contribution in [0.15, 0.2) is 97.1 Å². The second kappa shape index (κ2) is 11.6. The minimum absolute atomic E-state index is 0.0223. The summed E-state index contributed by atoms with van der Waals surface area (Å²) in [6.07, 6.45) is 0. The van der Waals surface area contributed by atoms with Gasteiger partial charge in [-0.1, -0.05) is 129 Å². The van der Waals surface area contributed by atoms with Crippen molar-refractivity contribution in [3.8, 4) is 17.1 Å². The molecule has 0 aliphatic heterocycles. The second-order valence-corrected chi connectivity index (χ2v) is 16.9. The fourth-order valence-corrected chi connectivity index (χ4v) is 9.05. The first-order valence-corrected chi connectivity index (χ1v) is 18.7. The van der Waals surface area contributed by atoms with Crippen molar-refractivity contribution in [3.05, 3.63) is 119 Å². The minimum atomic E-state index is -0.0223. The van der Waals surface area contributed by atoms with Gasteiger partial charge in [0.15, 0.2) is 0 Å². The first-order chi connectivity index (χ1) is 23.4. The summed E-state index contributed by atoms with van der Waals surface area (Å²) in [4.78, 5) is 5.50. The molecule has 0 aliphatic rings. The number of rotatable bonds is 5. The lowest BCUT2D eigenvalue weighted by Gasteiger charge is -2.25. The summed E-state index contributed by atoms with van der Waals surface area (Å²) in [7, 11) is 0. The Labute approximate surface area is 294 Å². The number of imidazole rings is 1. The van der Waals surface area contributed by atoms with Gasteiger partial charge in [-0.15, -0.1) is 11.3 Å². The summed E-state index contributed by atoms with van der Waals surface area (Å²) in [5.41, 5.74) is 10.2. The van der Waals surface area contributed by atoms with E-state index in [0.717, 1.165) is 16.9 Å². The molecule has 0 saturated heterocycles. The first kappa shape index (κ1) is 31.8. The zero-order valence-electron chi connectivity index (χ0n) is 30.3. The third-order valence-corrected chi connectivity index (χ3v) is 11.6. The SMILES string of the molecule is CC(C)c1cc(C(C)C)c(-n2c(-c3ccc(C(C)(C)C)c4c3sc3cc5c(ccc6ccccc65)cc34)nc3ccccc32)c(C(C)C)c1. The zero-order valence-corrected chi connectivity index (χ0v) is 31.1. The Morgan fingerprint density at radius 1 is 0.633 bits per heavy atom. The molecule has 8 aromatic rings. The van der Waals surface area contributed by atoms with Crippen LogP contribution in [0.2, 0.25) is 0 Å². The maximum atomic E-state index is 5.50. The molecular formula is C46H46N2S. The quantitative estimate of drug-likeness (QED) is 0.168. The maximum absolute atomic E-state index is 5.50. The van der Waals surface area contributed by atoms with Crippen LogP contribution in [0.4, 0.5) is 0 Å². The molecule has 2 heterocycles. The summed E-state index contributed by atoms with van der Waals surface area (Å²) in [5, 5.41) is 7.90. The van der Waals surface area contributed by atoms with Crippen molar-refractivity contribution in [2.75, 3.05) is 0 Å². The number of aromatic nitrogens is 2. The van der Waals surface area contributed by atoms with Crippen LogP contribution in [-0.4, -0.2) is 9.55 Å². The molecule has 0 atom stereocenters. The van der Waals surface area contributed by atoms with Gasteiger partial charge >= 0.3 is 0 Å². The van der Waals surface area contributed by atoms with E-state index in [4.69, 9.17) is 4.98 Å². The van der Waals surface area contributed by atoms with Crippen molar-refractivity contribution in [3.63, 3.8) is 0 Å². The van der Waals surface area contributed by atoms with E-state index in [9.17, 15) is 0 Å². The highest BCUT2D eigenvalue weighted by Gasteiger charge is 2.27. The van der Waals surface area contributed by atoms with Crippen LogP contribution in [0, 0.1) is 0 Å². The van der Waals surface area contributed by atoms with Crippen molar-refractivity contribution in [1.29, 1.82) is 0 Å². The van der Waals surface area contributed by atoms with E-state index in [1.54, 1.807) is 0 Å². The lowest BCUT2D eigenvalue weighted by molar-refractivity contribution is 0.596. The molecule has 246 valence electrons. The van der Waals surface area contributed by atoms with E-state index in [2.05, 4.69) is 164 Å². The van der Waals surface area contributed by atoms with Gasteiger partial charge in [0, 0.05) is 25.7 Å². The van der Waals surface area contributed by atoms with Gasteiger partial charge in [0.2, 0.25) is 0 Å². The van der Waals surface area contributed by atoms with Gasteiger partial charge in [-0.3, -0.25) is 4.57 Å². The lowest BCUT2D eigenvalue weighted by atomic mass is 9.83. The normalized spacial score (nSPS) is 12.7. The third kappa shape index (κ3) is 5.08. The van der Waals surface area contributed by atoms with Gasteiger partial charge in [-0.25, -0.2) is 4.98 Å². The summed E-state index contributed by atoms with van der Waals surface area (Å²) < 4.78 is 5.14. The van der Waals surface area contributed by atoms with E-state index in [-0.39, 0.29) is 5.41 Å². The van der Waals surface area contributed by atoms with Crippen LogP contribution < -0.4 is 0 Å². The second-order valence-electron chi connectivity index (χ2n) is 15.8. The average Bonchev–Trinajstić information content (AvgIpc) is 3.64. The van der Waals surface area contributed by atoms with E-state index >= 15 is 0 Å². The van der Waals surface area contributed by atoms with Gasteiger partial charge in [-0.2, -0.15) is 0 Å². The number of thiophene rings is 1. The van der Waals surface area contributed by atoms with E-state index in [1.165, 1.54) is 75.2 Å². The lowest BCUT2D eigenvalue weighted by Crippen LogP contribution is -2.12. The molecule has 0 bridgehead atoms. The highest BCUT2D eigenvalue weighted by molar-refractivity contribution is 7.26. The molecule has 0 amide bonds. The van der Waals surface area contributed by atoms with Crippen LogP contribution in [0.25, 0.3) is 69.8 Å².